The molecule has 0 aliphatic carbocycles. The largest absolute Gasteiger partial charge is 0.490 e. The molecule has 2 rings (SSSR count). The van der Waals surface area contributed by atoms with Crippen LogP contribution in [0, 0.1) is 0 Å². The van der Waals surface area contributed by atoms with E-state index in [1.807, 2.05) is 6.92 Å². The Bertz CT molecular complexity index is 677. The molecular weight excluding hydrogens is 262 g/mol. The summed E-state index contributed by atoms with van der Waals surface area (Å²) in [6, 6.07) is 5.99. The van der Waals surface area contributed by atoms with Crippen LogP contribution in [0.5, 0.6) is 5.75 Å². The fraction of sp³-hybridized carbons (Fsp3) is 0.286. The molecule has 0 bridgehead atoms. The summed E-state index contributed by atoms with van der Waals surface area (Å²) in [6.07, 6.45) is 0. The van der Waals surface area contributed by atoms with Crippen LogP contribution >= 0.6 is 0 Å². The number of primary amides is 1. The molecule has 0 aliphatic heterocycles. The van der Waals surface area contributed by atoms with Gasteiger partial charge >= 0.3 is 0 Å². The van der Waals surface area contributed by atoms with E-state index in [-0.39, 0.29) is 22.2 Å². The van der Waals surface area contributed by atoms with Gasteiger partial charge in [0, 0.05) is 12.7 Å². The summed E-state index contributed by atoms with van der Waals surface area (Å²) in [4.78, 5) is 23.1. The lowest BCUT2D eigenvalue weighted by Crippen LogP contribution is -2.15. The van der Waals surface area contributed by atoms with Crippen molar-refractivity contribution >= 4 is 16.9 Å². The molecule has 106 valence electrons. The number of benzene rings is 1. The van der Waals surface area contributed by atoms with Crippen LogP contribution in [0.3, 0.4) is 0 Å². The first kappa shape index (κ1) is 14.1. The SMILES string of the molecule is CCOCCOc1cccc2oc(C(N)=O)cc(=O)c12. The minimum absolute atomic E-state index is 0.172. The molecule has 0 fully saturated rings. The molecule has 0 saturated heterocycles. The van der Waals surface area contributed by atoms with Gasteiger partial charge in [-0.1, -0.05) is 6.07 Å². The summed E-state index contributed by atoms with van der Waals surface area (Å²) in [7, 11) is 0. The van der Waals surface area contributed by atoms with Crippen molar-refractivity contribution in [2.24, 2.45) is 5.73 Å². The van der Waals surface area contributed by atoms with Gasteiger partial charge < -0.3 is 19.6 Å². The average molecular weight is 277 g/mol. The lowest BCUT2D eigenvalue weighted by atomic mass is 10.2. The Morgan fingerprint density at radius 1 is 1.35 bits per heavy atom. The standard InChI is InChI=1S/C14H15NO5/c1-2-18-6-7-19-10-4-3-5-11-13(10)9(16)8-12(20-11)14(15)17/h3-5,8H,2,6-7H2,1H3,(H2,15,17). The molecule has 0 aliphatic rings. The van der Waals surface area contributed by atoms with Crippen LogP contribution in [0.15, 0.2) is 33.5 Å². The Morgan fingerprint density at radius 3 is 2.85 bits per heavy atom. The van der Waals surface area contributed by atoms with Gasteiger partial charge in [0.2, 0.25) is 0 Å². The molecule has 1 amide bonds. The summed E-state index contributed by atoms with van der Waals surface area (Å²) in [6.45, 7) is 3.24. The van der Waals surface area contributed by atoms with Crippen LogP contribution in [0.1, 0.15) is 17.5 Å². The number of carbonyl (C=O) groups is 1. The van der Waals surface area contributed by atoms with E-state index in [0.717, 1.165) is 6.07 Å². The van der Waals surface area contributed by atoms with E-state index in [9.17, 15) is 9.59 Å². The lowest BCUT2D eigenvalue weighted by molar-refractivity contribution is 0.0974. The van der Waals surface area contributed by atoms with Crippen molar-refractivity contribution in [1.29, 1.82) is 0 Å². The molecule has 1 aromatic heterocycles. The molecule has 0 radical (unpaired) electrons. The monoisotopic (exact) mass is 277 g/mol. The Hall–Kier alpha value is -2.34. The van der Waals surface area contributed by atoms with Gasteiger partial charge in [-0.25, -0.2) is 0 Å². The summed E-state index contributed by atoms with van der Waals surface area (Å²) >= 11 is 0. The summed E-state index contributed by atoms with van der Waals surface area (Å²) < 4.78 is 15.9. The Balaban J connectivity index is 2.37. The normalized spacial score (nSPS) is 10.7. The van der Waals surface area contributed by atoms with Crippen LogP contribution in [-0.2, 0) is 4.74 Å². The molecule has 1 heterocycles. The van der Waals surface area contributed by atoms with Crippen molar-refractivity contribution < 1.29 is 18.7 Å². The first-order valence-corrected chi connectivity index (χ1v) is 6.20. The van der Waals surface area contributed by atoms with Crippen LogP contribution in [0.25, 0.3) is 11.0 Å². The molecule has 20 heavy (non-hydrogen) atoms. The zero-order valence-corrected chi connectivity index (χ0v) is 11.0. The number of hydrogen-bond donors (Lipinski definition) is 1. The third-order valence-corrected chi connectivity index (χ3v) is 2.65. The zero-order chi connectivity index (χ0) is 14.5. The third kappa shape index (κ3) is 2.97. The number of ether oxygens (including phenoxy) is 2. The summed E-state index contributed by atoms with van der Waals surface area (Å²) in [5, 5.41) is 0.286. The second kappa shape index (κ2) is 6.21. The highest BCUT2D eigenvalue weighted by Crippen LogP contribution is 2.23. The van der Waals surface area contributed by atoms with E-state index in [2.05, 4.69) is 0 Å². The average Bonchev–Trinajstić information content (AvgIpc) is 2.43. The van der Waals surface area contributed by atoms with E-state index >= 15 is 0 Å². The van der Waals surface area contributed by atoms with E-state index in [0.29, 0.717) is 25.6 Å². The van der Waals surface area contributed by atoms with Gasteiger partial charge in [-0.15, -0.1) is 0 Å². The highest BCUT2D eigenvalue weighted by Gasteiger charge is 2.12. The Morgan fingerprint density at radius 2 is 2.15 bits per heavy atom. The maximum atomic E-state index is 12.0. The van der Waals surface area contributed by atoms with Gasteiger partial charge in [-0.2, -0.15) is 0 Å². The number of amides is 1. The van der Waals surface area contributed by atoms with E-state index in [1.54, 1.807) is 18.2 Å². The molecule has 0 unspecified atom stereocenters. The first-order chi connectivity index (χ1) is 9.63. The van der Waals surface area contributed by atoms with E-state index in [1.165, 1.54) is 0 Å². The highest BCUT2D eigenvalue weighted by atomic mass is 16.5. The number of carbonyl (C=O) groups excluding carboxylic acids is 1. The lowest BCUT2D eigenvalue weighted by Gasteiger charge is -2.08. The van der Waals surface area contributed by atoms with Gasteiger partial charge in [-0.3, -0.25) is 9.59 Å². The quantitative estimate of drug-likeness (QED) is 0.804. The predicted molar refractivity (Wildman–Crippen MR) is 73.0 cm³/mol. The van der Waals surface area contributed by atoms with Crippen LogP contribution in [0.2, 0.25) is 0 Å². The van der Waals surface area contributed by atoms with Crippen LogP contribution < -0.4 is 15.9 Å². The maximum absolute atomic E-state index is 12.0. The molecule has 0 spiro atoms. The molecule has 0 atom stereocenters. The minimum Gasteiger partial charge on any atom is -0.490 e. The van der Waals surface area contributed by atoms with E-state index < -0.39 is 5.91 Å². The highest BCUT2D eigenvalue weighted by molar-refractivity contribution is 5.92. The van der Waals surface area contributed by atoms with Gasteiger partial charge in [0.05, 0.1) is 6.61 Å². The van der Waals surface area contributed by atoms with Crippen molar-refractivity contribution in [2.45, 2.75) is 6.92 Å². The Kier molecular flexibility index (Phi) is 4.37. The molecule has 2 N–H and O–H groups in total. The summed E-state index contributed by atoms with van der Waals surface area (Å²) in [5.41, 5.74) is 5.00. The number of nitrogens with two attached hydrogens (primary N) is 1. The van der Waals surface area contributed by atoms with Crippen molar-refractivity contribution in [1.82, 2.24) is 0 Å². The van der Waals surface area contributed by atoms with Crippen LogP contribution in [-0.4, -0.2) is 25.7 Å². The van der Waals surface area contributed by atoms with E-state index in [4.69, 9.17) is 19.6 Å². The Labute approximate surface area is 115 Å². The van der Waals surface area contributed by atoms with Gasteiger partial charge in [0.1, 0.15) is 23.3 Å². The fourth-order valence-electron chi connectivity index (χ4n) is 1.77. The maximum Gasteiger partial charge on any atom is 0.284 e. The third-order valence-electron chi connectivity index (χ3n) is 2.65. The molecule has 2 aromatic rings. The molecule has 0 saturated carbocycles. The molecule has 6 nitrogen and oxygen atoms in total. The first-order valence-electron chi connectivity index (χ1n) is 6.20. The fourth-order valence-corrected chi connectivity index (χ4v) is 1.77. The zero-order valence-electron chi connectivity index (χ0n) is 11.0. The van der Waals surface area contributed by atoms with Gasteiger partial charge in [-0.05, 0) is 19.1 Å². The summed E-state index contributed by atoms with van der Waals surface area (Å²) in [5.74, 6) is -0.562. The van der Waals surface area contributed by atoms with Crippen molar-refractivity contribution in [2.75, 3.05) is 19.8 Å². The van der Waals surface area contributed by atoms with Gasteiger partial charge in [0.15, 0.2) is 11.2 Å². The van der Waals surface area contributed by atoms with Crippen molar-refractivity contribution in [3.63, 3.8) is 0 Å². The van der Waals surface area contributed by atoms with Crippen LogP contribution in [0.4, 0.5) is 0 Å². The minimum atomic E-state index is -0.785. The second-order valence-electron chi connectivity index (χ2n) is 4.01. The van der Waals surface area contributed by atoms with Gasteiger partial charge in [0.25, 0.3) is 5.91 Å². The predicted octanol–water partition coefficient (Wildman–Crippen LogP) is 1.31. The smallest absolute Gasteiger partial charge is 0.284 e. The molecule has 6 heteroatoms. The number of rotatable bonds is 6. The number of fused-ring (bicyclic) bond motifs is 1. The van der Waals surface area contributed by atoms with Crippen molar-refractivity contribution in [3.05, 3.63) is 40.2 Å². The topological polar surface area (TPSA) is 91.8 Å². The molecule has 1 aromatic carbocycles. The number of hydrogen-bond acceptors (Lipinski definition) is 5. The molecular formula is C14H15NO5. The second-order valence-corrected chi connectivity index (χ2v) is 4.01. The van der Waals surface area contributed by atoms with Crippen molar-refractivity contribution in [3.8, 4) is 5.75 Å².